The van der Waals surface area contributed by atoms with E-state index in [9.17, 15) is 9.59 Å². The van der Waals surface area contributed by atoms with Crippen molar-refractivity contribution in [1.29, 1.82) is 0 Å². The SMILES string of the molecule is O=C(C=Cc1ccccn1)c1ccc(NC(=O)c2cccs2)cc1. The number of allylic oxidation sites excluding steroid dienone is 1. The summed E-state index contributed by atoms with van der Waals surface area (Å²) in [5, 5.41) is 4.65. The van der Waals surface area contributed by atoms with Crippen LogP contribution < -0.4 is 5.32 Å². The average molecular weight is 334 g/mol. The summed E-state index contributed by atoms with van der Waals surface area (Å²) in [7, 11) is 0. The van der Waals surface area contributed by atoms with Crippen molar-refractivity contribution >= 4 is 34.8 Å². The van der Waals surface area contributed by atoms with E-state index in [0.29, 0.717) is 16.1 Å². The summed E-state index contributed by atoms with van der Waals surface area (Å²) in [5.74, 6) is -0.268. The number of hydrogen-bond acceptors (Lipinski definition) is 4. The minimum absolute atomic E-state index is 0.114. The highest BCUT2D eigenvalue weighted by Gasteiger charge is 2.07. The third-order valence-electron chi connectivity index (χ3n) is 3.27. The van der Waals surface area contributed by atoms with Gasteiger partial charge in [0.2, 0.25) is 0 Å². The predicted molar refractivity (Wildman–Crippen MR) is 96.3 cm³/mol. The van der Waals surface area contributed by atoms with E-state index in [0.717, 1.165) is 5.69 Å². The number of pyridine rings is 1. The molecular weight excluding hydrogens is 320 g/mol. The van der Waals surface area contributed by atoms with Gasteiger partial charge in [0.25, 0.3) is 5.91 Å². The number of nitrogens with one attached hydrogen (secondary N) is 1. The zero-order valence-corrected chi connectivity index (χ0v) is 13.5. The van der Waals surface area contributed by atoms with Gasteiger partial charge in [0.05, 0.1) is 10.6 Å². The number of carbonyl (C=O) groups is 2. The van der Waals surface area contributed by atoms with Crippen molar-refractivity contribution in [2.24, 2.45) is 0 Å². The van der Waals surface area contributed by atoms with Crippen molar-refractivity contribution in [3.63, 3.8) is 0 Å². The van der Waals surface area contributed by atoms with Gasteiger partial charge in [0, 0.05) is 17.4 Å². The highest BCUT2D eigenvalue weighted by atomic mass is 32.1. The fourth-order valence-electron chi connectivity index (χ4n) is 2.05. The summed E-state index contributed by atoms with van der Waals surface area (Å²) in [6.07, 6.45) is 4.84. The van der Waals surface area contributed by atoms with E-state index in [1.807, 2.05) is 29.6 Å². The number of hydrogen-bond donors (Lipinski definition) is 1. The first-order chi connectivity index (χ1) is 11.7. The molecule has 0 fully saturated rings. The molecule has 0 aliphatic rings. The van der Waals surface area contributed by atoms with Gasteiger partial charge in [-0.15, -0.1) is 11.3 Å². The highest BCUT2D eigenvalue weighted by Crippen LogP contribution is 2.15. The summed E-state index contributed by atoms with van der Waals surface area (Å²) in [6.45, 7) is 0. The molecule has 0 aliphatic heterocycles. The van der Waals surface area contributed by atoms with Gasteiger partial charge in [0.1, 0.15) is 0 Å². The molecule has 118 valence electrons. The number of thiophene rings is 1. The topological polar surface area (TPSA) is 59.1 Å². The molecule has 0 aliphatic carbocycles. The molecule has 3 aromatic rings. The van der Waals surface area contributed by atoms with Crippen molar-refractivity contribution in [3.8, 4) is 0 Å². The molecule has 0 atom stereocenters. The first-order valence-electron chi connectivity index (χ1n) is 7.31. The average Bonchev–Trinajstić information content (AvgIpc) is 3.16. The molecule has 24 heavy (non-hydrogen) atoms. The van der Waals surface area contributed by atoms with Gasteiger partial charge in [0.15, 0.2) is 5.78 Å². The fraction of sp³-hybridized carbons (Fsp3) is 0. The maximum absolute atomic E-state index is 12.1. The summed E-state index contributed by atoms with van der Waals surface area (Å²) in [4.78, 5) is 28.9. The molecule has 0 spiro atoms. The fourth-order valence-corrected chi connectivity index (χ4v) is 2.67. The molecule has 1 aromatic carbocycles. The van der Waals surface area contributed by atoms with Crippen LogP contribution in [0.2, 0.25) is 0 Å². The molecule has 0 bridgehead atoms. The maximum Gasteiger partial charge on any atom is 0.265 e. The van der Waals surface area contributed by atoms with E-state index >= 15 is 0 Å². The Balaban J connectivity index is 1.64. The number of carbonyl (C=O) groups excluding carboxylic acids is 2. The second-order valence-corrected chi connectivity index (χ2v) is 5.91. The lowest BCUT2D eigenvalue weighted by molar-refractivity contribution is 0.102. The van der Waals surface area contributed by atoms with Crippen molar-refractivity contribution in [2.75, 3.05) is 5.32 Å². The van der Waals surface area contributed by atoms with Gasteiger partial charge < -0.3 is 5.32 Å². The second-order valence-electron chi connectivity index (χ2n) is 4.96. The van der Waals surface area contributed by atoms with E-state index in [1.54, 1.807) is 42.6 Å². The minimum atomic E-state index is -0.154. The molecule has 1 N–H and O–H groups in total. The van der Waals surface area contributed by atoms with Gasteiger partial charge in [-0.05, 0) is 60.0 Å². The van der Waals surface area contributed by atoms with E-state index in [1.165, 1.54) is 17.4 Å². The first kappa shape index (κ1) is 15.8. The van der Waals surface area contributed by atoms with Gasteiger partial charge >= 0.3 is 0 Å². The van der Waals surface area contributed by atoms with Crippen LogP contribution in [0.25, 0.3) is 6.08 Å². The van der Waals surface area contributed by atoms with Crippen LogP contribution in [-0.2, 0) is 0 Å². The smallest absolute Gasteiger partial charge is 0.265 e. The van der Waals surface area contributed by atoms with Gasteiger partial charge in [-0.25, -0.2) is 0 Å². The lowest BCUT2D eigenvalue weighted by Gasteiger charge is -2.04. The first-order valence-corrected chi connectivity index (χ1v) is 8.19. The summed E-state index contributed by atoms with van der Waals surface area (Å²) < 4.78 is 0. The standard InChI is InChI=1S/C19H14N2O2S/c22-17(11-10-15-4-1-2-12-20-15)14-6-8-16(9-7-14)21-19(23)18-5-3-13-24-18/h1-13H,(H,21,23). The molecule has 5 heteroatoms. The summed E-state index contributed by atoms with van der Waals surface area (Å²) >= 11 is 1.38. The zero-order valence-electron chi connectivity index (χ0n) is 12.7. The van der Waals surface area contributed by atoms with Gasteiger partial charge in [-0.2, -0.15) is 0 Å². The number of anilines is 1. The van der Waals surface area contributed by atoms with Crippen LogP contribution in [0.15, 0.2) is 72.3 Å². The number of rotatable bonds is 5. The van der Waals surface area contributed by atoms with Crippen LogP contribution in [0.5, 0.6) is 0 Å². The van der Waals surface area contributed by atoms with Crippen LogP contribution >= 0.6 is 11.3 Å². The number of amides is 1. The molecule has 2 aromatic heterocycles. The summed E-state index contributed by atoms with van der Waals surface area (Å²) in [6, 6.07) is 15.9. The van der Waals surface area contributed by atoms with E-state index in [-0.39, 0.29) is 11.7 Å². The largest absolute Gasteiger partial charge is 0.321 e. The number of nitrogens with zero attached hydrogens (tertiary/aromatic N) is 1. The quantitative estimate of drug-likeness (QED) is 0.559. The molecular formula is C19H14N2O2S. The number of benzene rings is 1. The minimum Gasteiger partial charge on any atom is -0.321 e. The number of ketones is 1. The third-order valence-corrected chi connectivity index (χ3v) is 4.13. The van der Waals surface area contributed by atoms with Crippen LogP contribution in [0, 0.1) is 0 Å². The van der Waals surface area contributed by atoms with Gasteiger partial charge in [-0.3, -0.25) is 14.6 Å². The zero-order chi connectivity index (χ0) is 16.8. The molecule has 0 saturated heterocycles. The maximum atomic E-state index is 12.1. The van der Waals surface area contributed by atoms with Crippen LogP contribution in [0.4, 0.5) is 5.69 Å². The summed E-state index contributed by atoms with van der Waals surface area (Å²) in [5.41, 5.74) is 1.93. The van der Waals surface area contributed by atoms with Crippen LogP contribution in [-0.4, -0.2) is 16.7 Å². The Morgan fingerprint density at radius 3 is 2.50 bits per heavy atom. The van der Waals surface area contributed by atoms with Crippen molar-refractivity contribution < 1.29 is 9.59 Å². The van der Waals surface area contributed by atoms with E-state index in [4.69, 9.17) is 0 Å². The lowest BCUT2D eigenvalue weighted by atomic mass is 10.1. The Morgan fingerprint density at radius 1 is 1.00 bits per heavy atom. The highest BCUT2D eigenvalue weighted by molar-refractivity contribution is 7.12. The second kappa shape index (κ2) is 7.48. The molecule has 2 heterocycles. The molecule has 0 unspecified atom stereocenters. The predicted octanol–water partition coefficient (Wildman–Crippen LogP) is 4.29. The monoisotopic (exact) mass is 334 g/mol. The molecule has 4 nitrogen and oxygen atoms in total. The van der Waals surface area contributed by atoms with Crippen molar-refractivity contribution in [3.05, 3.63) is 88.4 Å². The Hall–Kier alpha value is -3.05. The Labute approximate surface area is 143 Å². The van der Waals surface area contributed by atoms with Crippen molar-refractivity contribution in [2.45, 2.75) is 0 Å². The lowest BCUT2D eigenvalue weighted by Crippen LogP contribution is -2.10. The Kier molecular flexibility index (Phi) is 4.93. The number of aromatic nitrogens is 1. The Morgan fingerprint density at radius 2 is 1.83 bits per heavy atom. The third kappa shape index (κ3) is 4.02. The van der Waals surface area contributed by atoms with Crippen molar-refractivity contribution in [1.82, 2.24) is 4.98 Å². The van der Waals surface area contributed by atoms with Gasteiger partial charge in [-0.1, -0.05) is 12.1 Å². The van der Waals surface area contributed by atoms with Crippen LogP contribution in [0.3, 0.4) is 0 Å². The molecule has 3 rings (SSSR count). The van der Waals surface area contributed by atoms with Crippen LogP contribution in [0.1, 0.15) is 25.7 Å². The Bertz CT molecular complexity index is 854. The van der Waals surface area contributed by atoms with E-state index < -0.39 is 0 Å². The normalized spacial score (nSPS) is 10.7. The van der Waals surface area contributed by atoms with E-state index in [2.05, 4.69) is 10.3 Å². The molecule has 0 saturated carbocycles. The molecule has 1 amide bonds. The molecule has 0 radical (unpaired) electrons.